The summed E-state index contributed by atoms with van der Waals surface area (Å²) in [4.78, 5) is 34.4. The molecule has 0 fully saturated rings. The van der Waals surface area contributed by atoms with E-state index >= 15 is 0 Å². The summed E-state index contributed by atoms with van der Waals surface area (Å²) in [5.74, 6) is -0.535. The molecule has 0 saturated carbocycles. The fourth-order valence-electron chi connectivity index (χ4n) is 5.69. The minimum atomic E-state index is -0.780. The first kappa shape index (κ1) is 30.5. The van der Waals surface area contributed by atoms with Crippen molar-refractivity contribution in [3.8, 4) is 11.1 Å². The van der Waals surface area contributed by atoms with Crippen molar-refractivity contribution in [3.05, 3.63) is 135 Å². The Labute approximate surface area is 273 Å². The molecule has 4 heterocycles. The molecular weight excluding hydrogens is 624 g/mol. The average Bonchev–Trinajstić information content (AvgIpc) is 3.61. The van der Waals surface area contributed by atoms with Crippen LogP contribution in [0.1, 0.15) is 57.0 Å². The Morgan fingerprint density at radius 2 is 1.80 bits per heavy atom. The van der Waals surface area contributed by atoms with Gasteiger partial charge >= 0.3 is 5.97 Å². The van der Waals surface area contributed by atoms with E-state index < -0.39 is 12.0 Å². The average molecular weight is 653 g/mol. The van der Waals surface area contributed by atoms with Crippen molar-refractivity contribution in [1.29, 1.82) is 5.26 Å². The van der Waals surface area contributed by atoms with Gasteiger partial charge in [0.05, 0.1) is 34.0 Å². The highest BCUT2D eigenvalue weighted by Crippen LogP contribution is 2.36. The topological polar surface area (TPSA) is 89.4 Å². The maximum atomic E-state index is 14.3. The molecule has 0 radical (unpaired) electrons. The van der Waals surface area contributed by atoms with E-state index in [1.54, 1.807) is 35.0 Å². The summed E-state index contributed by atoms with van der Waals surface area (Å²) in [6.07, 6.45) is 1.87. The van der Waals surface area contributed by atoms with E-state index in [-0.39, 0.29) is 17.7 Å². The highest BCUT2D eigenvalue weighted by atomic mass is 35.5. The van der Waals surface area contributed by atoms with Crippen molar-refractivity contribution in [2.45, 2.75) is 40.7 Å². The van der Waals surface area contributed by atoms with Crippen LogP contribution in [-0.2, 0) is 9.53 Å². The van der Waals surface area contributed by atoms with E-state index in [2.05, 4.69) is 10.6 Å². The fraction of sp³-hybridized carbons (Fsp3) is 0.200. The summed E-state index contributed by atoms with van der Waals surface area (Å²) < 4.78 is 9.68. The van der Waals surface area contributed by atoms with Crippen LogP contribution in [0.25, 0.3) is 16.8 Å². The largest absolute Gasteiger partial charge is 0.463 e. The number of aromatic nitrogens is 2. The molecule has 1 aliphatic rings. The number of esters is 1. The van der Waals surface area contributed by atoms with Crippen molar-refractivity contribution < 1.29 is 9.53 Å². The zero-order chi connectivity index (χ0) is 32.0. The first-order valence-corrected chi connectivity index (χ1v) is 16.4. The fourth-order valence-corrected chi connectivity index (χ4v) is 8.02. The molecule has 45 heavy (non-hydrogen) atoms. The number of fused-ring (bicyclic) bond motifs is 1. The Morgan fingerprint density at radius 3 is 2.47 bits per heavy atom. The molecule has 0 N–H and O–H groups in total. The number of benzene rings is 2. The van der Waals surface area contributed by atoms with Gasteiger partial charge in [-0.2, -0.15) is 5.26 Å². The molecule has 0 bridgehead atoms. The lowest BCUT2D eigenvalue weighted by Gasteiger charge is -2.25. The molecule has 2 aromatic carbocycles. The maximum absolute atomic E-state index is 14.3. The number of carbonyl (C=O) groups excluding carboxylic acids is 1. The Bertz CT molecular complexity index is 2230. The number of ether oxygens (including phenoxy) is 1. The summed E-state index contributed by atoms with van der Waals surface area (Å²) >= 11 is 9.10. The van der Waals surface area contributed by atoms with Gasteiger partial charge in [0.15, 0.2) is 4.80 Å². The number of hydrogen-bond donors (Lipinski definition) is 0. The van der Waals surface area contributed by atoms with Gasteiger partial charge in [-0.1, -0.05) is 65.4 Å². The number of rotatable bonds is 6. The number of thiazole rings is 1. The standard InChI is InChI=1S/C35H29ClN4O3S2/c1-6-43-34(42)29-30(23-10-8-7-9-11-23)38-35-40(31(29)24-12-14-26(36)15-13-24)32(41)28(45-35)17-25-16-19(2)39(21(25)4)33-27(18-37)20(3)22(5)44-33/h7-17,31H,6H2,1-5H3/b28-17+/t31-/m0/s1. The zero-order valence-corrected chi connectivity index (χ0v) is 27.7. The van der Waals surface area contributed by atoms with Crippen LogP contribution in [0.15, 0.2) is 76.0 Å². The third kappa shape index (κ3) is 5.29. The van der Waals surface area contributed by atoms with Crippen molar-refractivity contribution in [2.75, 3.05) is 6.61 Å². The normalized spacial score (nSPS) is 14.7. The number of nitriles is 1. The maximum Gasteiger partial charge on any atom is 0.338 e. The molecule has 10 heteroatoms. The predicted molar refractivity (Wildman–Crippen MR) is 180 cm³/mol. The molecular formula is C35H29ClN4O3S2. The molecule has 5 aromatic rings. The molecule has 226 valence electrons. The van der Waals surface area contributed by atoms with Gasteiger partial charge in [0, 0.05) is 26.9 Å². The summed E-state index contributed by atoms with van der Waals surface area (Å²) in [5, 5.41) is 11.3. The van der Waals surface area contributed by atoms with Gasteiger partial charge in [-0.05, 0) is 75.6 Å². The SMILES string of the molecule is CCOC(=O)C1=C(c2ccccc2)N=c2s/c(=C/c3cc(C)n(-c4sc(C)c(C)c4C#N)c3C)c(=O)n2[C@H]1c1ccc(Cl)cc1. The number of nitrogens with zero attached hydrogens (tertiary/aromatic N) is 4. The lowest BCUT2D eigenvalue weighted by atomic mass is 9.93. The molecule has 6 rings (SSSR count). The summed E-state index contributed by atoms with van der Waals surface area (Å²) in [5.41, 5.74) is 6.32. The minimum absolute atomic E-state index is 0.175. The van der Waals surface area contributed by atoms with E-state index in [1.807, 2.05) is 82.3 Å². The third-order valence-electron chi connectivity index (χ3n) is 8.00. The molecule has 0 unspecified atom stereocenters. The van der Waals surface area contributed by atoms with Crippen LogP contribution in [-0.4, -0.2) is 21.7 Å². The number of carbonyl (C=O) groups is 1. The second-order valence-electron chi connectivity index (χ2n) is 10.7. The Balaban J connectivity index is 1.60. The lowest BCUT2D eigenvalue weighted by molar-refractivity contribution is -0.138. The molecule has 0 aliphatic carbocycles. The third-order valence-corrected chi connectivity index (χ3v) is 10.4. The second kappa shape index (κ2) is 12.1. The van der Waals surface area contributed by atoms with Gasteiger partial charge in [0.1, 0.15) is 11.1 Å². The van der Waals surface area contributed by atoms with Crippen LogP contribution < -0.4 is 14.9 Å². The monoisotopic (exact) mass is 652 g/mol. The van der Waals surface area contributed by atoms with Crippen molar-refractivity contribution in [2.24, 2.45) is 4.99 Å². The highest BCUT2D eigenvalue weighted by Gasteiger charge is 2.35. The lowest BCUT2D eigenvalue weighted by Crippen LogP contribution is -2.40. The number of hydrogen-bond acceptors (Lipinski definition) is 7. The first-order chi connectivity index (χ1) is 21.6. The van der Waals surface area contributed by atoms with Crippen LogP contribution in [0, 0.1) is 39.0 Å². The molecule has 1 atom stereocenters. The molecule has 0 saturated heterocycles. The Kier molecular flexibility index (Phi) is 8.23. The van der Waals surface area contributed by atoms with Crippen LogP contribution >= 0.6 is 34.3 Å². The van der Waals surface area contributed by atoms with Gasteiger partial charge in [-0.25, -0.2) is 9.79 Å². The second-order valence-corrected chi connectivity index (χ2v) is 13.4. The predicted octanol–water partition coefficient (Wildman–Crippen LogP) is 6.55. The summed E-state index contributed by atoms with van der Waals surface area (Å²) in [6, 6.07) is 20.2. The summed E-state index contributed by atoms with van der Waals surface area (Å²) in [7, 11) is 0. The molecule has 1 aliphatic heterocycles. The van der Waals surface area contributed by atoms with E-state index in [1.165, 1.54) is 11.3 Å². The van der Waals surface area contributed by atoms with E-state index in [0.717, 1.165) is 38.0 Å². The van der Waals surface area contributed by atoms with Gasteiger partial charge in [-0.15, -0.1) is 11.3 Å². The zero-order valence-electron chi connectivity index (χ0n) is 25.3. The van der Waals surface area contributed by atoms with Crippen LogP contribution in [0.5, 0.6) is 0 Å². The minimum Gasteiger partial charge on any atom is -0.463 e. The smallest absolute Gasteiger partial charge is 0.338 e. The summed E-state index contributed by atoms with van der Waals surface area (Å²) in [6.45, 7) is 9.90. The number of aryl methyl sites for hydroxylation is 2. The number of thiophene rings is 1. The molecule has 7 nitrogen and oxygen atoms in total. The van der Waals surface area contributed by atoms with Gasteiger partial charge < -0.3 is 9.30 Å². The van der Waals surface area contributed by atoms with E-state index in [4.69, 9.17) is 21.3 Å². The molecule has 3 aromatic heterocycles. The van der Waals surface area contributed by atoms with E-state index in [9.17, 15) is 14.9 Å². The molecule has 0 spiro atoms. The van der Waals surface area contributed by atoms with Crippen molar-refractivity contribution >= 4 is 52.0 Å². The van der Waals surface area contributed by atoms with Crippen LogP contribution in [0.4, 0.5) is 0 Å². The Morgan fingerprint density at radius 1 is 1.09 bits per heavy atom. The van der Waals surface area contributed by atoms with Crippen LogP contribution in [0.3, 0.4) is 0 Å². The highest BCUT2D eigenvalue weighted by molar-refractivity contribution is 7.15. The van der Waals surface area contributed by atoms with Crippen LogP contribution in [0.2, 0.25) is 5.02 Å². The van der Waals surface area contributed by atoms with Gasteiger partial charge in [0.25, 0.3) is 5.56 Å². The van der Waals surface area contributed by atoms with Crippen molar-refractivity contribution in [3.63, 3.8) is 0 Å². The molecule has 0 amide bonds. The quantitative estimate of drug-likeness (QED) is 0.195. The van der Waals surface area contributed by atoms with Crippen molar-refractivity contribution in [1.82, 2.24) is 9.13 Å². The number of halogens is 1. The Hall–Kier alpha value is -4.49. The van der Waals surface area contributed by atoms with Gasteiger partial charge in [0.2, 0.25) is 0 Å². The van der Waals surface area contributed by atoms with Gasteiger partial charge in [-0.3, -0.25) is 9.36 Å². The van der Waals surface area contributed by atoms with E-state index in [0.29, 0.717) is 31.2 Å². The first-order valence-electron chi connectivity index (χ1n) is 14.4.